The maximum atomic E-state index is 10.7. The monoisotopic (exact) mass is 279 g/mol. The molecule has 4 nitrogen and oxygen atoms in total. The number of aromatic amines is 1. The Labute approximate surface area is 123 Å². The van der Waals surface area contributed by atoms with E-state index in [4.69, 9.17) is 0 Å². The highest BCUT2D eigenvalue weighted by Crippen LogP contribution is 2.26. The van der Waals surface area contributed by atoms with E-state index in [1.54, 1.807) is 6.92 Å². The average Bonchev–Trinajstić information content (AvgIpc) is 2.98. The van der Waals surface area contributed by atoms with Crippen molar-refractivity contribution in [3.63, 3.8) is 0 Å². The molecule has 4 heteroatoms. The van der Waals surface area contributed by atoms with Gasteiger partial charge in [0.2, 0.25) is 0 Å². The third kappa shape index (κ3) is 2.85. The van der Waals surface area contributed by atoms with Crippen LogP contribution in [0.1, 0.15) is 29.7 Å². The molecule has 1 atom stereocenters. The molecule has 2 N–H and O–H groups in total. The molecule has 0 saturated carbocycles. The maximum Gasteiger partial charge on any atom is 0.186 e. The minimum atomic E-state index is -1.20. The van der Waals surface area contributed by atoms with Gasteiger partial charge in [0.25, 0.3) is 0 Å². The predicted octanol–water partition coefficient (Wildman–Crippen LogP) is 2.65. The molecule has 106 valence electrons. The molecule has 0 bridgehead atoms. The van der Waals surface area contributed by atoms with Gasteiger partial charge in [0.05, 0.1) is 0 Å². The number of hydrogen-bond acceptors (Lipinski definition) is 3. The van der Waals surface area contributed by atoms with Gasteiger partial charge in [-0.05, 0) is 18.1 Å². The van der Waals surface area contributed by atoms with Gasteiger partial charge in [0, 0.05) is 6.42 Å². The smallest absolute Gasteiger partial charge is 0.186 e. The molecule has 3 aromatic rings. The van der Waals surface area contributed by atoms with Crippen LogP contribution in [0.4, 0.5) is 0 Å². The van der Waals surface area contributed by atoms with E-state index in [1.807, 2.05) is 60.7 Å². The zero-order valence-electron chi connectivity index (χ0n) is 11.8. The standard InChI is InChI=1S/C17H17N3O/c1-17(21,14-10-6-3-7-11-14)16-18-15(19-20-16)12-13-8-4-2-5-9-13/h2-11,21H,12H2,1H3,(H,18,19,20). The lowest BCUT2D eigenvalue weighted by atomic mass is 9.95. The molecule has 21 heavy (non-hydrogen) atoms. The quantitative estimate of drug-likeness (QED) is 0.771. The number of H-pyrrole nitrogens is 1. The van der Waals surface area contributed by atoms with E-state index >= 15 is 0 Å². The first-order valence-corrected chi connectivity index (χ1v) is 6.90. The number of nitrogens with one attached hydrogen (secondary N) is 1. The van der Waals surface area contributed by atoms with Gasteiger partial charge in [-0.3, -0.25) is 5.10 Å². The molecule has 3 rings (SSSR count). The fourth-order valence-corrected chi connectivity index (χ4v) is 2.27. The number of hydrogen-bond donors (Lipinski definition) is 2. The second-order valence-corrected chi connectivity index (χ2v) is 5.21. The Bertz CT molecular complexity index is 705. The van der Waals surface area contributed by atoms with Crippen molar-refractivity contribution >= 4 is 0 Å². The summed E-state index contributed by atoms with van der Waals surface area (Å²) in [7, 11) is 0. The molecular weight excluding hydrogens is 262 g/mol. The van der Waals surface area contributed by atoms with Gasteiger partial charge in [0.1, 0.15) is 11.4 Å². The highest BCUT2D eigenvalue weighted by atomic mass is 16.3. The van der Waals surface area contributed by atoms with Gasteiger partial charge in [-0.25, -0.2) is 4.98 Å². The number of aromatic nitrogens is 3. The third-order valence-electron chi connectivity index (χ3n) is 3.52. The lowest BCUT2D eigenvalue weighted by Crippen LogP contribution is -2.24. The largest absolute Gasteiger partial charge is 0.377 e. The van der Waals surface area contributed by atoms with Gasteiger partial charge in [-0.15, -0.1) is 0 Å². The SMILES string of the molecule is CC(O)(c1ccccc1)c1n[nH]c(Cc2ccccc2)n1. The van der Waals surface area contributed by atoms with Gasteiger partial charge < -0.3 is 5.11 Å². The van der Waals surface area contributed by atoms with E-state index in [-0.39, 0.29) is 0 Å². The summed E-state index contributed by atoms with van der Waals surface area (Å²) in [5.74, 6) is 1.13. The van der Waals surface area contributed by atoms with Crippen LogP contribution in [0, 0.1) is 0 Å². The first-order valence-electron chi connectivity index (χ1n) is 6.90. The van der Waals surface area contributed by atoms with Crippen molar-refractivity contribution in [2.45, 2.75) is 18.9 Å². The first-order chi connectivity index (χ1) is 10.2. The average molecular weight is 279 g/mol. The van der Waals surface area contributed by atoms with Crippen molar-refractivity contribution in [2.24, 2.45) is 0 Å². The Morgan fingerprint density at radius 1 is 1.00 bits per heavy atom. The van der Waals surface area contributed by atoms with Gasteiger partial charge >= 0.3 is 0 Å². The molecule has 2 aromatic carbocycles. The summed E-state index contributed by atoms with van der Waals surface area (Å²) in [5.41, 5.74) is 0.724. The van der Waals surface area contributed by atoms with Crippen molar-refractivity contribution in [3.8, 4) is 0 Å². The van der Waals surface area contributed by atoms with Crippen LogP contribution in [0.2, 0.25) is 0 Å². The Morgan fingerprint density at radius 2 is 1.62 bits per heavy atom. The van der Waals surface area contributed by atoms with E-state index in [0.29, 0.717) is 12.2 Å². The summed E-state index contributed by atoms with van der Waals surface area (Å²) >= 11 is 0. The van der Waals surface area contributed by atoms with E-state index in [2.05, 4.69) is 15.2 Å². The molecule has 1 unspecified atom stereocenters. The minimum absolute atomic E-state index is 0.389. The lowest BCUT2D eigenvalue weighted by molar-refractivity contribution is 0.0925. The number of nitrogens with zero attached hydrogens (tertiary/aromatic N) is 2. The molecule has 0 spiro atoms. The summed E-state index contributed by atoms with van der Waals surface area (Å²) in [6.07, 6.45) is 0.665. The highest BCUT2D eigenvalue weighted by Gasteiger charge is 2.30. The minimum Gasteiger partial charge on any atom is -0.377 e. The van der Waals surface area contributed by atoms with Gasteiger partial charge in [-0.1, -0.05) is 60.7 Å². The second kappa shape index (κ2) is 5.50. The Kier molecular flexibility index (Phi) is 3.54. The van der Waals surface area contributed by atoms with Crippen molar-refractivity contribution < 1.29 is 5.11 Å². The molecule has 0 aliphatic carbocycles. The lowest BCUT2D eigenvalue weighted by Gasteiger charge is -2.19. The zero-order valence-corrected chi connectivity index (χ0v) is 11.8. The molecule has 0 aliphatic rings. The fraction of sp³-hybridized carbons (Fsp3) is 0.176. The molecule has 0 radical (unpaired) electrons. The topological polar surface area (TPSA) is 61.8 Å². The third-order valence-corrected chi connectivity index (χ3v) is 3.52. The summed E-state index contributed by atoms with van der Waals surface area (Å²) in [6, 6.07) is 19.5. The Hall–Kier alpha value is -2.46. The van der Waals surface area contributed by atoms with E-state index in [9.17, 15) is 5.11 Å². The Balaban J connectivity index is 1.85. The van der Waals surface area contributed by atoms with E-state index in [1.165, 1.54) is 0 Å². The van der Waals surface area contributed by atoms with Crippen molar-refractivity contribution in [1.82, 2.24) is 15.2 Å². The molecule has 0 amide bonds. The normalized spacial score (nSPS) is 13.8. The van der Waals surface area contributed by atoms with Gasteiger partial charge in [0.15, 0.2) is 5.82 Å². The summed E-state index contributed by atoms with van der Waals surface area (Å²) in [5, 5.41) is 17.8. The molecular formula is C17H17N3O. The molecule has 0 aliphatic heterocycles. The fourth-order valence-electron chi connectivity index (χ4n) is 2.27. The number of benzene rings is 2. The van der Waals surface area contributed by atoms with Crippen LogP contribution in [-0.4, -0.2) is 20.3 Å². The summed E-state index contributed by atoms with van der Waals surface area (Å²) in [6.45, 7) is 1.71. The van der Waals surface area contributed by atoms with Crippen LogP contribution in [0.15, 0.2) is 60.7 Å². The zero-order chi connectivity index (χ0) is 14.7. The van der Waals surface area contributed by atoms with E-state index < -0.39 is 5.60 Å². The maximum absolute atomic E-state index is 10.7. The molecule has 0 saturated heterocycles. The van der Waals surface area contributed by atoms with Crippen LogP contribution in [0.5, 0.6) is 0 Å². The van der Waals surface area contributed by atoms with Crippen molar-refractivity contribution in [1.29, 1.82) is 0 Å². The summed E-state index contributed by atoms with van der Waals surface area (Å²) < 4.78 is 0. The second-order valence-electron chi connectivity index (χ2n) is 5.21. The van der Waals surface area contributed by atoms with Crippen LogP contribution in [0.3, 0.4) is 0 Å². The van der Waals surface area contributed by atoms with Crippen LogP contribution >= 0.6 is 0 Å². The van der Waals surface area contributed by atoms with Crippen molar-refractivity contribution in [3.05, 3.63) is 83.4 Å². The van der Waals surface area contributed by atoms with Crippen LogP contribution in [-0.2, 0) is 12.0 Å². The first kappa shape index (κ1) is 13.5. The van der Waals surface area contributed by atoms with E-state index in [0.717, 1.165) is 17.0 Å². The van der Waals surface area contributed by atoms with Gasteiger partial charge in [-0.2, -0.15) is 5.10 Å². The van der Waals surface area contributed by atoms with Crippen LogP contribution in [0.25, 0.3) is 0 Å². The Morgan fingerprint density at radius 3 is 2.29 bits per heavy atom. The molecule has 1 aromatic heterocycles. The number of rotatable bonds is 4. The summed E-state index contributed by atoms with van der Waals surface area (Å²) in [4.78, 5) is 4.44. The van der Waals surface area contributed by atoms with Crippen molar-refractivity contribution in [2.75, 3.05) is 0 Å². The highest BCUT2D eigenvalue weighted by molar-refractivity contribution is 5.28. The predicted molar refractivity (Wildman–Crippen MR) is 80.7 cm³/mol. The molecule has 1 heterocycles. The van der Waals surface area contributed by atoms with Crippen LogP contribution < -0.4 is 0 Å². The number of aliphatic hydroxyl groups is 1. The molecule has 0 fully saturated rings.